The first-order valence-corrected chi connectivity index (χ1v) is 3.03. The Morgan fingerprint density at radius 2 is 2.08 bits per heavy atom. The van der Waals surface area contributed by atoms with Gasteiger partial charge in [-0.25, -0.2) is 10.1 Å². The number of aromatic carboxylic acids is 1. The molecule has 3 N–H and O–H groups in total. The quantitative estimate of drug-likeness (QED) is 0.454. The maximum Gasteiger partial charge on any atom is 0.339 e. The van der Waals surface area contributed by atoms with E-state index in [4.69, 9.17) is 15.5 Å². The van der Waals surface area contributed by atoms with E-state index in [0.717, 1.165) is 12.1 Å². The molecule has 0 aliphatic rings. The van der Waals surface area contributed by atoms with Gasteiger partial charge in [0.1, 0.15) is 11.3 Å². The van der Waals surface area contributed by atoms with Crippen LogP contribution in [0.1, 0.15) is 10.4 Å². The van der Waals surface area contributed by atoms with Gasteiger partial charge in [0, 0.05) is 0 Å². The lowest BCUT2D eigenvalue weighted by Gasteiger charge is -2.01. The van der Waals surface area contributed by atoms with Crippen molar-refractivity contribution in [3.63, 3.8) is 0 Å². The molecule has 0 heterocycles. The summed E-state index contributed by atoms with van der Waals surface area (Å²) in [5.74, 6) is -1.69. The normalized spacial score (nSPS) is 9.42. The molecule has 1 aromatic rings. The van der Waals surface area contributed by atoms with Gasteiger partial charge in [0.15, 0.2) is 5.75 Å². The number of benzene rings is 1. The molecule has 0 saturated carbocycles. The fourth-order valence-electron chi connectivity index (χ4n) is 0.765. The summed E-state index contributed by atoms with van der Waals surface area (Å²) in [6, 6.07) is 3.34. The van der Waals surface area contributed by atoms with Gasteiger partial charge >= 0.3 is 5.97 Å². The van der Waals surface area contributed by atoms with Crippen molar-refractivity contribution in [2.24, 2.45) is 0 Å². The minimum Gasteiger partial charge on any atom is -0.508 e. The first kappa shape index (κ1) is 8.35. The smallest absolute Gasteiger partial charge is 0.339 e. The summed E-state index contributed by atoms with van der Waals surface area (Å²) < 4.78 is 0. The van der Waals surface area contributed by atoms with Gasteiger partial charge in [0.05, 0.1) is 0 Å². The molecule has 0 spiro atoms. The van der Waals surface area contributed by atoms with Crippen LogP contribution >= 0.6 is 0 Å². The molecule has 0 atom stereocenters. The summed E-state index contributed by atoms with van der Waals surface area (Å²) in [6.07, 6.45) is 0. The number of hydrogen-bond donors (Lipinski definition) is 3. The Labute approximate surface area is 67.4 Å². The number of hydrogen-bond acceptors (Lipinski definition) is 4. The van der Waals surface area contributed by atoms with E-state index >= 15 is 0 Å². The van der Waals surface area contributed by atoms with E-state index in [0.29, 0.717) is 0 Å². The highest BCUT2D eigenvalue weighted by Gasteiger charge is 2.11. The molecule has 1 rings (SSSR count). The molecule has 0 unspecified atom stereocenters. The number of rotatable bonds is 2. The molecule has 0 aromatic heterocycles. The van der Waals surface area contributed by atoms with Crippen molar-refractivity contribution >= 4 is 5.97 Å². The lowest BCUT2D eigenvalue weighted by molar-refractivity contribution is -0.138. The predicted molar refractivity (Wildman–Crippen MR) is 38.3 cm³/mol. The largest absolute Gasteiger partial charge is 0.508 e. The van der Waals surface area contributed by atoms with E-state index in [9.17, 15) is 4.79 Å². The van der Waals surface area contributed by atoms with Crippen molar-refractivity contribution in [2.75, 3.05) is 0 Å². The lowest BCUT2D eigenvalue weighted by Crippen LogP contribution is -1.99. The number of phenolic OH excluding ortho intramolecular Hbond substituents is 1. The molecule has 0 bridgehead atoms. The first-order chi connectivity index (χ1) is 5.65. The average Bonchev–Trinajstić information content (AvgIpc) is 2.04. The SMILES string of the molecule is O=C(O)c1cc(O)ccc1OO. The number of aromatic hydroxyl groups is 1. The van der Waals surface area contributed by atoms with Gasteiger partial charge in [-0.15, -0.1) is 0 Å². The fraction of sp³-hybridized carbons (Fsp3) is 0. The Bertz CT molecular complexity index is 307. The summed E-state index contributed by atoms with van der Waals surface area (Å²) in [7, 11) is 0. The number of carbonyl (C=O) groups is 1. The molecule has 0 aliphatic heterocycles. The molecule has 0 saturated heterocycles. The van der Waals surface area contributed by atoms with E-state index in [-0.39, 0.29) is 17.1 Å². The Morgan fingerprint density at radius 1 is 1.42 bits per heavy atom. The van der Waals surface area contributed by atoms with Crippen molar-refractivity contribution in [3.8, 4) is 11.5 Å². The number of phenols is 1. The van der Waals surface area contributed by atoms with Gasteiger partial charge in [-0.3, -0.25) is 0 Å². The fourth-order valence-corrected chi connectivity index (χ4v) is 0.765. The topological polar surface area (TPSA) is 87.0 Å². The summed E-state index contributed by atoms with van der Waals surface area (Å²) in [5.41, 5.74) is -0.294. The monoisotopic (exact) mass is 170 g/mol. The highest BCUT2D eigenvalue weighted by Crippen LogP contribution is 2.22. The van der Waals surface area contributed by atoms with Crippen molar-refractivity contribution in [1.82, 2.24) is 0 Å². The second-order valence-electron chi connectivity index (χ2n) is 2.08. The van der Waals surface area contributed by atoms with E-state index in [2.05, 4.69) is 4.89 Å². The summed E-state index contributed by atoms with van der Waals surface area (Å²) in [6.45, 7) is 0. The van der Waals surface area contributed by atoms with Crippen molar-refractivity contribution in [1.29, 1.82) is 0 Å². The molecule has 5 heteroatoms. The van der Waals surface area contributed by atoms with Crippen molar-refractivity contribution < 1.29 is 25.2 Å². The Morgan fingerprint density at radius 3 is 2.58 bits per heavy atom. The Balaban J connectivity index is 3.21. The van der Waals surface area contributed by atoms with Crippen LogP contribution in [0, 0.1) is 0 Å². The average molecular weight is 170 g/mol. The number of carboxylic acids is 1. The third-order valence-corrected chi connectivity index (χ3v) is 1.29. The standard InChI is InChI=1S/C7H6O5/c8-4-1-2-6(12-11)5(3-4)7(9)10/h1-3,8,11H,(H,9,10). The summed E-state index contributed by atoms with van der Waals surface area (Å²) in [4.78, 5) is 14.2. The van der Waals surface area contributed by atoms with Crippen LogP contribution in [0.3, 0.4) is 0 Å². The van der Waals surface area contributed by atoms with Crippen LogP contribution in [-0.4, -0.2) is 21.4 Å². The summed E-state index contributed by atoms with van der Waals surface area (Å²) >= 11 is 0. The molecule has 64 valence electrons. The van der Waals surface area contributed by atoms with Crippen LogP contribution in [0.25, 0.3) is 0 Å². The maximum atomic E-state index is 10.4. The highest BCUT2D eigenvalue weighted by atomic mass is 17.1. The minimum absolute atomic E-state index is 0.201. The van der Waals surface area contributed by atoms with Gasteiger partial charge in [-0.05, 0) is 18.2 Å². The zero-order valence-electron chi connectivity index (χ0n) is 5.89. The van der Waals surface area contributed by atoms with Crippen LogP contribution in [0.15, 0.2) is 18.2 Å². The minimum atomic E-state index is -1.28. The van der Waals surface area contributed by atoms with Crippen LogP contribution in [0.5, 0.6) is 11.5 Å². The van der Waals surface area contributed by atoms with E-state index in [1.54, 1.807) is 0 Å². The summed E-state index contributed by atoms with van der Waals surface area (Å²) in [5, 5.41) is 25.6. The molecule has 0 aliphatic carbocycles. The Hall–Kier alpha value is -1.75. The molecular weight excluding hydrogens is 164 g/mol. The van der Waals surface area contributed by atoms with E-state index in [1.165, 1.54) is 6.07 Å². The van der Waals surface area contributed by atoms with E-state index < -0.39 is 5.97 Å². The van der Waals surface area contributed by atoms with Crippen LogP contribution in [0.4, 0.5) is 0 Å². The maximum absolute atomic E-state index is 10.4. The molecule has 5 nitrogen and oxygen atoms in total. The second-order valence-corrected chi connectivity index (χ2v) is 2.08. The lowest BCUT2D eigenvalue weighted by atomic mass is 10.2. The van der Waals surface area contributed by atoms with Crippen molar-refractivity contribution in [3.05, 3.63) is 23.8 Å². The van der Waals surface area contributed by atoms with Gasteiger partial charge in [-0.2, -0.15) is 0 Å². The van der Waals surface area contributed by atoms with Crippen LogP contribution in [0.2, 0.25) is 0 Å². The second kappa shape index (κ2) is 3.10. The molecule has 0 fully saturated rings. The Kier molecular flexibility index (Phi) is 2.16. The highest BCUT2D eigenvalue weighted by molar-refractivity contribution is 5.91. The third kappa shape index (κ3) is 1.46. The molecule has 1 aromatic carbocycles. The van der Waals surface area contributed by atoms with E-state index in [1.807, 2.05) is 0 Å². The van der Waals surface area contributed by atoms with Gasteiger partial charge in [0.25, 0.3) is 0 Å². The van der Waals surface area contributed by atoms with Gasteiger partial charge < -0.3 is 15.1 Å². The zero-order chi connectivity index (χ0) is 9.14. The number of carboxylic acid groups (broad SMARTS) is 1. The van der Waals surface area contributed by atoms with Crippen LogP contribution in [-0.2, 0) is 0 Å². The van der Waals surface area contributed by atoms with Gasteiger partial charge in [-0.1, -0.05) is 0 Å². The molecular formula is C7H6O5. The van der Waals surface area contributed by atoms with Gasteiger partial charge in [0.2, 0.25) is 0 Å². The molecule has 0 radical (unpaired) electrons. The first-order valence-electron chi connectivity index (χ1n) is 3.03. The zero-order valence-corrected chi connectivity index (χ0v) is 5.89. The molecule has 0 amide bonds. The third-order valence-electron chi connectivity index (χ3n) is 1.29. The van der Waals surface area contributed by atoms with Crippen molar-refractivity contribution in [2.45, 2.75) is 0 Å². The predicted octanol–water partition coefficient (Wildman–Crippen LogP) is 0.942. The van der Waals surface area contributed by atoms with Crippen LogP contribution < -0.4 is 4.89 Å². The molecule has 12 heavy (non-hydrogen) atoms.